The van der Waals surface area contributed by atoms with Crippen LogP contribution in [0.5, 0.6) is 11.5 Å². The van der Waals surface area contributed by atoms with E-state index in [0.717, 1.165) is 11.1 Å². The molecule has 1 amide bonds. The molecule has 6 N–H and O–H groups in total. The zero-order valence-electron chi connectivity index (χ0n) is 22.5. The molecule has 6 atom stereocenters. The fraction of sp³-hybridized carbons (Fsp3) is 0.433. The maximum atomic E-state index is 13.9. The van der Waals surface area contributed by atoms with Crippen LogP contribution in [0.3, 0.4) is 0 Å². The third kappa shape index (κ3) is 3.73. The molecule has 0 bridgehead atoms. The van der Waals surface area contributed by atoms with Gasteiger partial charge in [-0.25, -0.2) is 0 Å². The molecule has 0 aliphatic heterocycles. The molecule has 2 aromatic carbocycles. The predicted molar refractivity (Wildman–Crippen MR) is 142 cm³/mol. The minimum Gasteiger partial charge on any atom is -0.507 e. The monoisotopic (exact) mass is 548 g/mol. The highest BCUT2D eigenvalue weighted by molar-refractivity contribution is 6.32. The molecule has 10 nitrogen and oxygen atoms in total. The number of ether oxygens (including phenoxy) is 1. The van der Waals surface area contributed by atoms with Gasteiger partial charge < -0.3 is 26.4 Å². The molecule has 3 aliphatic carbocycles. The van der Waals surface area contributed by atoms with Gasteiger partial charge >= 0.3 is 0 Å². The largest absolute Gasteiger partial charge is 0.507 e. The van der Waals surface area contributed by atoms with Crippen LogP contribution in [0.1, 0.15) is 41.8 Å². The third-order valence-electron chi connectivity index (χ3n) is 9.01. The number of methoxy groups -OCH3 is 1. The fourth-order valence-electron chi connectivity index (χ4n) is 7.23. The number of aromatic hydroxyl groups is 1. The summed E-state index contributed by atoms with van der Waals surface area (Å²) in [5.41, 5.74) is 11.2. The Bertz CT molecular complexity index is 1480. The van der Waals surface area contributed by atoms with Gasteiger partial charge in [-0.15, -0.1) is 0 Å². The Morgan fingerprint density at radius 2 is 1.82 bits per heavy atom. The summed E-state index contributed by atoms with van der Waals surface area (Å²) < 4.78 is 5.37. The molecule has 0 aromatic heterocycles. The normalized spacial score (nSPS) is 29.6. The number of benzene rings is 2. The number of carbonyl (C=O) groups is 5. The van der Waals surface area contributed by atoms with Gasteiger partial charge in [-0.1, -0.05) is 26.0 Å². The Hall–Kier alpha value is -3.89. The second kappa shape index (κ2) is 9.64. The number of aliphatic hydroxyl groups is 1. The van der Waals surface area contributed by atoms with E-state index in [-0.39, 0.29) is 30.7 Å². The SMILES string of the molecule is COc1ccc(-c2ccc(O)c3c2C[C@H]2C[C@H]4[C@H](C(C)C)C(=O)C(C(N)=O)C(=O)[C@@]4(O)C(=O)C2C3=O)cc1CN. The summed E-state index contributed by atoms with van der Waals surface area (Å²) in [7, 11) is 1.54. The third-order valence-corrected chi connectivity index (χ3v) is 9.01. The lowest BCUT2D eigenvalue weighted by atomic mass is 9.49. The van der Waals surface area contributed by atoms with E-state index in [1.165, 1.54) is 13.2 Å². The van der Waals surface area contributed by atoms with Gasteiger partial charge in [0.2, 0.25) is 5.91 Å². The molecule has 2 unspecified atom stereocenters. The van der Waals surface area contributed by atoms with Crippen molar-refractivity contribution in [3.63, 3.8) is 0 Å². The first-order valence-electron chi connectivity index (χ1n) is 13.3. The Labute approximate surface area is 230 Å². The maximum Gasteiger partial charge on any atom is 0.235 e. The summed E-state index contributed by atoms with van der Waals surface area (Å²) in [6.45, 7) is 3.63. The number of carbonyl (C=O) groups excluding carboxylic acids is 5. The van der Waals surface area contributed by atoms with E-state index < -0.39 is 70.1 Å². The second-order valence-corrected chi connectivity index (χ2v) is 11.4. The first-order chi connectivity index (χ1) is 18.9. The van der Waals surface area contributed by atoms with E-state index in [9.17, 15) is 34.2 Å². The average Bonchev–Trinajstić information content (AvgIpc) is 2.90. The number of ketones is 4. The highest BCUT2D eigenvalue weighted by Crippen LogP contribution is 2.53. The van der Waals surface area contributed by atoms with Gasteiger partial charge in [0.05, 0.1) is 18.6 Å². The Kier molecular flexibility index (Phi) is 6.67. The zero-order chi connectivity index (χ0) is 29.3. The topological polar surface area (TPSA) is 187 Å². The molecule has 2 saturated carbocycles. The molecule has 40 heavy (non-hydrogen) atoms. The number of fused-ring (bicyclic) bond motifs is 3. The summed E-state index contributed by atoms with van der Waals surface area (Å²) in [4.78, 5) is 66.6. The number of Topliss-reactive ketones (excluding diaryl/α,β-unsaturated/α-hetero) is 4. The lowest BCUT2D eigenvalue weighted by Gasteiger charge is -2.52. The van der Waals surface area contributed by atoms with E-state index in [1.807, 2.05) is 12.1 Å². The number of primary amides is 1. The molecule has 5 rings (SSSR count). The first kappa shape index (κ1) is 27.7. The van der Waals surface area contributed by atoms with Crippen molar-refractivity contribution in [1.29, 1.82) is 0 Å². The van der Waals surface area contributed by atoms with Crippen LogP contribution in [0.25, 0.3) is 11.1 Å². The first-order valence-corrected chi connectivity index (χ1v) is 13.3. The van der Waals surface area contributed by atoms with E-state index in [4.69, 9.17) is 16.2 Å². The molecule has 0 saturated heterocycles. The quantitative estimate of drug-likeness (QED) is 0.400. The molecule has 0 heterocycles. The number of hydrogen-bond acceptors (Lipinski definition) is 9. The zero-order valence-corrected chi connectivity index (χ0v) is 22.5. The molecule has 2 aromatic rings. The minimum absolute atomic E-state index is 0.0235. The van der Waals surface area contributed by atoms with Crippen LogP contribution in [-0.2, 0) is 32.1 Å². The van der Waals surface area contributed by atoms with E-state index in [0.29, 0.717) is 16.9 Å². The molecular weight excluding hydrogens is 516 g/mol. The lowest BCUT2D eigenvalue weighted by molar-refractivity contribution is -0.182. The molecule has 0 spiro atoms. The number of rotatable bonds is 5. The van der Waals surface area contributed by atoms with Gasteiger partial charge in [-0.2, -0.15) is 0 Å². The Balaban J connectivity index is 1.65. The van der Waals surface area contributed by atoms with Crippen molar-refractivity contribution in [1.82, 2.24) is 0 Å². The highest BCUT2D eigenvalue weighted by Gasteiger charge is 2.69. The molecular formula is C30H32N2O8. The van der Waals surface area contributed by atoms with Crippen LogP contribution in [0.2, 0.25) is 0 Å². The molecule has 3 aliphatic rings. The summed E-state index contributed by atoms with van der Waals surface area (Å²) in [6.07, 6.45) is 0.208. The minimum atomic E-state index is -2.71. The van der Waals surface area contributed by atoms with Crippen LogP contribution >= 0.6 is 0 Å². The van der Waals surface area contributed by atoms with Gasteiger partial charge in [0.1, 0.15) is 11.5 Å². The number of hydrogen-bond donors (Lipinski definition) is 4. The maximum absolute atomic E-state index is 13.9. The summed E-state index contributed by atoms with van der Waals surface area (Å²) in [5, 5.41) is 22.5. The van der Waals surface area contributed by atoms with Crippen molar-refractivity contribution in [2.45, 2.75) is 38.8 Å². The summed E-state index contributed by atoms with van der Waals surface area (Å²) >= 11 is 0. The standard InChI is InChI=1S/C30H32N2O8/c1-12(2)21-18-10-14-9-17-16(13-4-7-20(40-3)15(8-13)11-31)5-6-19(33)23(17)26(35)22(14)27(36)30(18,39)28(37)24(25(21)34)29(32)38/h4-8,12,14,18,21-22,24,33,39H,9-11,31H2,1-3H3,(H2,32,38)/t14-,18-,21-,22?,24?,30-/m0/s1. The van der Waals surface area contributed by atoms with Crippen LogP contribution in [0.15, 0.2) is 30.3 Å². The average molecular weight is 549 g/mol. The number of phenols is 1. The Morgan fingerprint density at radius 1 is 1.12 bits per heavy atom. The van der Waals surface area contributed by atoms with Crippen molar-refractivity contribution >= 4 is 29.0 Å². The highest BCUT2D eigenvalue weighted by atomic mass is 16.5. The van der Waals surface area contributed by atoms with Gasteiger partial charge in [0, 0.05) is 23.9 Å². The molecule has 210 valence electrons. The van der Waals surface area contributed by atoms with Crippen molar-refractivity contribution in [3.05, 3.63) is 47.0 Å². The molecule has 0 radical (unpaired) electrons. The van der Waals surface area contributed by atoms with Crippen LogP contribution in [0, 0.1) is 35.5 Å². The van der Waals surface area contributed by atoms with Gasteiger partial charge in [-0.3, -0.25) is 24.0 Å². The summed E-state index contributed by atoms with van der Waals surface area (Å²) in [5.74, 6) is -11.2. The number of nitrogens with two attached hydrogens (primary N) is 2. The number of phenolic OH excluding ortho intramolecular Hbond substituents is 1. The van der Waals surface area contributed by atoms with Gasteiger partial charge in [-0.05, 0) is 59.6 Å². The van der Waals surface area contributed by atoms with E-state index in [2.05, 4.69) is 0 Å². The van der Waals surface area contributed by atoms with Crippen molar-refractivity contribution < 1.29 is 38.9 Å². The van der Waals surface area contributed by atoms with Crippen molar-refractivity contribution in [3.8, 4) is 22.6 Å². The van der Waals surface area contributed by atoms with E-state index in [1.54, 1.807) is 26.0 Å². The Morgan fingerprint density at radius 3 is 2.42 bits per heavy atom. The van der Waals surface area contributed by atoms with Gasteiger partial charge in [0.15, 0.2) is 34.7 Å². The van der Waals surface area contributed by atoms with Crippen molar-refractivity contribution in [2.75, 3.05) is 7.11 Å². The van der Waals surface area contributed by atoms with Crippen LogP contribution in [-0.4, -0.2) is 52.0 Å². The van der Waals surface area contributed by atoms with Gasteiger partial charge in [0.25, 0.3) is 0 Å². The molecule has 2 fully saturated rings. The summed E-state index contributed by atoms with van der Waals surface area (Å²) in [6, 6.07) is 8.46. The second-order valence-electron chi connectivity index (χ2n) is 11.4. The lowest BCUT2D eigenvalue weighted by Crippen LogP contribution is -2.71. The smallest absolute Gasteiger partial charge is 0.235 e. The molecule has 10 heteroatoms. The predicted octanol–water partition coefficient (Wildman–Crippen LogP) is 1.34. The van der Waals surface area contributed by atoms with Crippen LogP contribution < -0.4 is 16.2 Å². The van der Waals surface area contributed by atoms with Crippen molar-refractivity contribution in [2.24, 2.45) is 47.0 Å². The van der Waals surface area contributed by atoms with E-state index >= 15 is 0 Å². The van der Waals surface area contributed by atoms with Crippen LogP contribution in [0.4, 0.5) is 0 Å². The number of amides is 1. The fourth-order valence-corrected chi connectivity index (χ4v) is 7.23.